The van der Waals surface area contributed by atoms with E-state index in [-0.39, 0.29) is 0 Å². The molecule has 7 nitrogen and oxygen atoms in total. The van der Waals surface area contributed by atoms with Crippen LogP contribution in [0, 0.1) is 11.3 Å². The van der Waals surface area contributed by atoms with E-state index in [4.69, 9.17) is 0 Å². The number of allylic oxidation sites excluding steroid dienone is 1. The van der Waals surface area contributed by atoms with Gasteiger partial charge in [0.05, 0.1) is 11.3 Å². The monoisotopic (exact) mass is 369 g/mol. The zero-order valence-corrected chi connectivity index (χ0v) is 15.3. The largest absolute Gasteiger partial charge is 0.376 e. The lowest BCUT2D eigenvalue weighted by Crippen LogP contribution is -2.29. The minimum Gasteiger partial charge on any atom is -0.376 e. The molecule has 1 N–H and O–H groups in total. The van der Waals surface area contributed by atoms with E-state index < -0.39 is 0 Å². The molecule has 0 aliphatic carbocycles. The van der Waals surface area contributed by atoms with Gasteiger partial charge < -0.3 is 9.88 Å². The lowest BCUT2D eigenvalue weighted by molar-refractivity contribution is 0.283. The number of piperidine rings is 1. The standard InChI is InChI=1S/C21H19N7/c22-12-17(15-4-2-1-3-5-15)13-27-10-7-16(8-11-27)19-20-18-6-9-23-21(18)24-14-28(20)26-25-19/h1-6,9,13-14,16,23H,7-8,10-11H2. The summed E-state index contributed by atoms with van der Waals surface area (Å²) >= 11 is 0. The number of fused-ring (bicyclic) bond motifs is 3. The van der Waals surface area contributed by atoms with Crippen LogP contribution in [-0.2, 0) is 0 Å². The number of hydrogen-bond donors (Lipinski definition) is 1. The van der Waals surface area contributed by atoms with Crippen molar-refractivity contribution < 1.29 is 0 Å². The predicted octanol–water partition coefficient (Wildman–Crippen LogP) is 3.35. The van der Waals surface area contributed by atoms with Crippen molar-refractivity contribution in [3.05, 3.63) is 66.4 Å². The summed E-state index contributed by atoms with van der Waals surface area (Å²) in [5.74, 6) is 0.352. The van der Waals surface area contributed by atoms with E-state index in [1.54, 1.807) is 10.8 Å². The van der Waals surface area contributed by atoms with Crippen LogP contribution in [0.25, 0.3) is 22.1 Å². The Morgan fingerprint density at radius 3 is 2.79 bits per heavy atom. The van der Waals surface area contributed by atoms with Gasteiger partial charge in [-0.1, -0.05) is 35.5 Å². The van der Waals surface area contributed by atoms with Crippen molar-refractivity contribution in [1.82, 2.24) is 29.7 Å². The number of benzene rings is 1. The number of aromatic amines is 1. The third-order valence-electron chi connectivity index (χ3n) is 5.43. The topological polar surface area (TPSA) is 85.9 Å². The molecule has 1 aliphatic heterocycles. The Bertz CT molecular complexity index is 1190. The normalized spacial score (nSPS) is 16.0. The van der Waals surface area contributed by atoms with Gasteiger partial charge in [0.15, 0.2) is 0 Å². The molecule has 0 radical (unpaired) electrons. The molecule has 4 aromatic rings. The number of nitrogens with one attached hydrogen (secondary N) is 1. The average molecular weight is 369 g/mol. The second kappa shape index (κ2) is 6.82. The molecule has 0 saturated carbocycles. The summed E-state index contributed by atoms with van der Waals surface area (Å²) in [4.78, 5) is 9.76. The van der Waals surface area contributed by atoms with Crippen molar-refractivity contribution in [2.45, 2.75) is 18.8 Å². The van der Waals surface area contributed by atoms with Gasteiger partial charge in [0.25, 0.3) is 0 Å². The third kappa shape index (κ3) is 2.79. The van der Waals surface area contributed by atoms with Crippen molar-refractivity contribution in [2.75, 3.05) is 13.1 Å². The van der Waals surface area contributed by atoms with E-state index in [0.29, 0.717) is 11.5 Å². The van der Waals surface area contributed by atoms with Gasteiger partial charge in [-0.25, -0.2) is 9.50 Å². The van der Waals surface area contributed by atoms with Crippen molar-refractivity contribution >= 4 is 22.1 Å². The molecule has 4 heterocycles. The Hall–Kier alpha value is -3.66. The van der Waals surface area contributed by atoms with Crippen LogP contribution in [0.1, 0.15) is 30.0 Å². The number of aromatic nitrogens is 5. The first-order valence-electron chi connectivity index (χ1n) is 9.42. The second-order valence-electron chi connectivity index (χ2n) is 7.08. The Morgan fingerprint density at radius 2 is 2.00 bits per heavy atom. The maximum atomic E-state index is 9.54. The molecule has 1 fully saturated rings. The van der Waals surface area contributed by atoms with E-state index in [1.165, 1.54) is 0 Å². The van der Waals surface area contributed by atoms with E-state index in [9.17, 15) is 5.26 Å². The smallest absolute Gasteiger partial charge is 0.141 e. The zero-order chi connectivity index (χ0) is 18.9. The van der Waals surface area contributed by atoms with Gasteiger partial charge in [0.2, 0.25) is 0 Å². The Morgan fingerprint density at radius 1 is 1.18 bits per heavy atom. The zero-order valence-electron chi connectivity index (χ0n) is 15.3. The first kappa shape index (κ1) is 16.5. The summed E-state index contributed by atoms with van der Waals surface area (Å²) in [6.45, 7) is 1.78. The number of nitriles is 1. The van der Waals surface area contributed by atoms with Gasteiger partial charge in [-0.2, -0.15) is 5.26 Å². The highest BCUT2D eigenvalue weighted by Gasteiger charge is 2.25. The predicted molar refractivity (Wildman–Crippen MR) is 106 cm³/mol. The van der Waals surface area contributed by atoms with Gasteiger partial charge in [-0.15, -0.1) is 5.10 Å². The minimum atomic E-state index is 0.352. The molecule has 0 unspecified atom stereocenters. The van der Waals surface area contributed by atoms with Crippen molar-refractivity contribution in [1.29, 1.82) is 5.26 Å². The van der Waals surface area contributed by atoms with Gasteiger partial charge in [-0.05, 0) is 24.5 Å². The summed E-state index contributed by atoms with van der Waals surface area (Å²) in [7, 11) is 0. The molecule has 5 rings (SSSR count). The quantitative estimate of drug-likeness (QED) is 0.560. The number of H-pyrrole nitrogens is 1. The van der Waals surface area contributed by atoms with Gasteiger partial charge in [0, 0.05) is 36.8 Å². The van der Waals surface area contributed by atoms with Crippen LogP contribution in [0.4, 0.5) is 0 Å². The fraction of sp³-hybridized carbons (Fsp3) is 0.238. The molecule has 0 bridgehead atoms. The van der Waals surface area contributed by atoms with Crippen LogP contribution >= 0.6 is 0 Å². The summed E-state index contributed by atoms with van der Waals surface area (Å²) < 4.78 is 1.76. The summed E-state index contributed by atoms with van der Waals surface area (Å²) in [6.07, 6.45) is 7.55. The van der Waals surface area contributed by atoms with Crippen LogP contribution in [0.15, 0.2) is 55.1 Å². The first-order chi connectivity index (χ1) is 13.8. The van der Waals surface area contributed by atoms with Crippen LogP contribution in [0.3, 0.4) is 0 Å². The molecular formula is C21H19N7. The summed E-state index contributed by atoms with van der Waals surface area (Å²) in [6, 6.07) is 14.2. The lowest BCUT2D eigenvalue weighted by Gasteiger charge is -2.30. The molecule has 0 atom stereocenters. The molecule has 3 aromatic heterocycles. The van der Waals surface area contributed by atoms with E-state index in [1.807, 2.05) is 48.8 Å². The number of rotatable bonds is 3. The summed E-state index contributed by atoms with van der Waals surface area (Å²) in [5.41, 5.74) is 4.60. The molecule has 28 heavy (non-hydrogen) atoms. The van der Waals surface area contributed by atoms with Crippen LogP contribution < -0.4 is 0 Å². The van der Waals surface area contributed by atoms with Crippen LogP contribution in [-0.4, -0.2) is 42.8 Å². The highest BCUT2D eigenvalue weighted by molar-refractivity contribution is 5.92. The van der Waals surface area contributed by atoms with Crippen LogP contribution in [0.2, 0.25) is 0 Å². The lowest BCUT2D eigenvalue weighted by atomic mass is 9.92. The highest BCUT2D eigenvalue weighted by atomic mass is 15.4. The fourth-order valence-corrected chi connectivity index (χ4v) is 3.96. The van der Waals surface area contributed by atoms with Crippen molar-refractivity contribution in [3.8, 4) is 6.07 Å². The molecule has 0 amide bonds. The van der Waals surface area contributed by atoms with E-state index in [2.05, 4.69) is 31.2 Å². The molecule has 1 saturated heterocycles. The van der Waals surface area contributed by atoms with Crippen molar-refractivity contribution in [3.63, 3.8) is 0 Å². The maximum absolute atomic E-state index is 9.54. The number of nitrogens with zero attached hydrogens (tertiary/aromatic N) is 6. The Kier molecular flexibility index (Phi) is 4.02. The molecule has 1 aliphatic rings. The van der Waals surface area contributed by atoms with Gasteiger partial charge in [-0.3, -0.25) is 0 Å². The number of hydrogen-bond acceptors (Lipinski definition) is 5. The van der Waals surface area contributed by atoms with E-state index >= 15 is 0 Å². The number of likely N-dealkylation sites (tertiary alicyclic amines) is 1. The maximum Gasteiger partial charge on any atom is 0.141 e. The average Bonchev–Trinajstić information content (AvgIpc) is 3.39. The second-order valence-corrected chi connectivity index (χ2v) is 7.08. The molecule has 7 heteroatoms. The van der Waals surface area contributed by atoms with Crippen LogP contribution in [0.5, 0.6) is 0 Å². The molecule has 1 aromatic carbocycles. The third-order valence-corrected chi connectivity index (χ3v) is 5.43. The van der Waals surface area contributed by atoms with Gasteiger partial charge in [0.1, 0.15) is 23.6 Å². The van der Waals surface area contributed by atoms with Crippen molar-refractivity contribution in [2.24, 2.45) is 0 Å². The highest BCUT2D eigenvalue weighted by Crippen LogP contribution is 2.32. The SMILES string of the molecule is N#CC(=CN1CCC(c2nnn3cnc4[nH]ccc4c23)CC1)c1ccccc1. The van der Waals surface area contributed by atoms with Gasteiger partial charge >= 0.3 is 0 Å². The Labute approximate surface area is 161 Å². The molecule has 138 valence electrons. The van der Waals surface area contributed by atoms with E-state index in [0.717, 1.165) is 53.7 Å². The fourth-order valence-electron chi connectivity index (χ4n) is 3.96. The molecule has 0 spiro atoms. The Balaban J connectivity index is 1.38. The molecular weight excluding hydrogens is 350 g/mol. The minimum absolute atomic E-state index is 0.352. The first-order valence-corrected chi connectivity index (χ1v) is 9.42. The summed E-state index contributed by atoms with van der Waals surface area (Å²) in [5, 5.41) is 19.3.